The molecule has 0 saturated heterocycles. The van der Waals surface area contributed by atoms with E-state index in [1.165, 1.54) is 13.5 Å². The lowest BCUT2D eigenvalue weighted by Crippen LogP contribution is -2.06. The van der Waals surface area contributed by atoms with Crippen molar-refractivity contribution in [2.75, 3.05) is 7.11 Å². The van der Waals surface area contributed by atoms with Crippen molar-refractivity contribution in [3.63, 3.8) is 0 Å². The van der Waals surface area contributed by atoms with Crippen LogP contribution in [0.2, 0.25) is 5.02 Å². The van der Waals surface area contributed by atoms with E-state index < -0.39 is 0 Å². The van der Waals surface area contributed by atoms with E-state index in [9.17, 15) is 4.39 Å². The molecule has 0 fully saturated rings. The molecule has 0 radical (unpaired) electrons. The van der Waals surface area contributed by atoms with Crippen LogP contribution < -0.4 is 4.74 Å². The summed E-state index contributed by atoms with van der Waals surface area (Å²) in [5.74, 6) is 0.698. The fraction of sp³-hybridized carbons (Fsp3) is 0.412. The molecule has 3 heteroatoms. The molecule has 2 rings (SSSR count). The highest BCUT2D eigenvalue weighted by Crippen LogP contribution is 2.37. The van der Waals surface area contributed by atoms with Crippen LogP contribution in [-0.2, 0) is 0 Å². The minimum Gasteiger partial charge on any atom is -0.495 e. The first-order valence-electron chi connectivity index (χ1n) is 6.99. The third-order valence-electron chi connectivity index (χ3n) is 3.91. The largest absolute Gasteiger partial charge is 0.495 e. The summed E-state index contributed by atoms with van der Waals surface area (Å²) < 4.78 is 19.3. The first-order chi connectivity index (χ1) is 9.67. The van der Waals surface area contributed by atoms with Crippen molar-refractivity contribution in [1.82, 2.24) is 0 Å². The Kier molecular flexibility index (Phi) is 5.24. The Morgan fingerprint density at radius 1 is 1.50 bits per heavy atom. The molecular weight excluding hydrogens is 275 g/mol. The summed E-state index contributed by atoms with van der Waals surface area (Å²) in [5, 5.41) is 0.0691. The van der Waals surface area contributed by atoms with Crippen molar-refractivity contribution in [2.45, 2.75) is 32.1 Å². The van der Waals surface area contributed by atoms with Gasteiger partial charge in [-0.15, -0.1) is 6.58 Å². The lowest BCUT2D eigenvalue weighted by atomic mass is 9.84. The first kappa shape index (κ1) is 15.1. The Hall–Kier alpha value is -1.28. The second-order valence-electron chi connectivity index (χ2n) is 5.18. The number of allylic oxidation sites excluding steroid dienone is 3. The quantitative estimate of drug-likeness (QED) is 0.639. The summed E-state index contributed by atoms with van der Waals surface area (Å²) in [6.07, 6.45) is 9.34. The van der Waals surface area contributed by atoms with Crippen molar-refractivity contribution in [3.8, 4) is 5.75 Å². The van der Waals surface area contributed by atoms with Crippen molar-refractivity contribution < 1.29 is 9.13 Å². The van der Waals surface area contributed by atoms with Gasteiger partial charge in [0, 0.05) is 5.56 Å². The van der Waals surface area contributed by atoms with Crippen LogP contribution >= 0.6 is 11.6 Å². The summed E-state index contributed by atoms with van der Waals surface area (Å²) in [7, 11) is 1.49. The van der Waals surface area contributed by atoms with Gasteiger partial charge in [0.2, 0.25) is 0 Å². The van der Waals surface area contributed by atoms with E-state index in [2.05, 4.69) is 12.7 Å². The number of benzene rings is 1. The maximum absolute atomic E-state index is 14.3. The molecule has 0 bridgehead atoms. The third kappa shape index (κ3) is 3.24. The summed E-state index contributed by atoms with van der Waals surface area (Å²) in [6.45, 7) is 3.75. The minimum absolute atomic E-state index is 0.0691. The fourth-order valence-electron chi connectivity index (χ4n) is 2.69. The molecule has 0 N–H and O–H groups in total. The number of hydrogen-bond acceptors (Lipinski definition) is 1. The average Bonchev–Trinajstić information content (AvgIpc) is 2.48. The predicted octanol–water partition coefficient (Wildman–Crippen LogP) is 5.64. The second-order valence-corrected chi connectivity index (χ2v) is 5.56. The van der Waals surface area contributed by atoms with E-state index in [1.54, 1.807) is 12.1 Å². The van der Waals surface area contributed by atoms with E-state index >= 15 is 0 Å². The van der Waals surface area contributed by atoms with Crippen LogP contribution in [0.4, 0.5) is 4.39 Å². The number of ether oxygens (including phenoxy) is 1. The van der Waals surface area contributed by atoms with Crippen LogP contribution in [0, 0.1) is 11.7 Å². The topological polar surface area (TPSA) is 9.23 Å². The first-order valence-corrected chi connectivity index (χ1v) is 7.37. The number of halogens is 2. The van der Waals surface area contributed by atoms with Gasteiger partial charge in [-0.3, -0.25) is 0 Å². The summed E-state index contributed by atoms with van der Waals surface area (Å²) in [4.78, 5) is 0. The summed E-state index contributed by atoms with van der Waals surface area (Å²) >= 11 is 5.98. The molecule has 0 amide bonds. The highest BCUT2D eigenvalue weighted by atomic mass is 35.5. The Bertz CT molecular complexity index is 522. The molecule has 0 saturated carbocycles. The van der Waals surface area contributed by atoms with Crippen molar-refractivity contribution in [3.05, 3.63) is 47.3 Å². The van der Waals surface area contributed by atoms with Gasteiger partial charge in [-0.05, 0) is 55.7 Å². The highest BCUT2D eigenvalue weighted by Gasteiger charge is 2.19. The molecule has 1 nitrogen and oxygen atoms in total. The molecule has 0 aromatic heterocycles. The predicted molar refractivity (Wildman–Crippen MR) is 82.7 cm³/mol. The van der Waals surface area contributed by atoms with Gasteiger partial charge < -0.3 is 4.74 Å². The van der Waals surface area contributed by atoms with Gasteiger partial charge >= 0.3 is 0 Å². The standard InChI is InChI=1S/C17H20ClFO/c1-3-4-5-12-6-8-13(9-7-12)14-10-11-15(20-2)16(18)17(14)19/h3,8,10-12H,1,4-7,9H2,2H3. The average molecular weight is 295 g/mol. The van der Waals surface area contributed by atoms with Crippen LogP contribution in [0.3, 0.4) is 0 Å². The molecule has 20 heavy (non-hydrogen) atoms. The van der Waals surface area contributed by atoms with Crippen LogP contribution in [0.25, 0.3) is 5.57 Å². The Labute approximate surface area is 125 Å². The molecule has 0 aliphatic heterocycles. The van der Waals surface area contributed by atoms with Gasteiger partial charge in [0.05, 0.1) is 7.11 Å². The zero-order chi connectivity index (χ0) is 14.5. The third-order valence-corrected chi connectivity index (χ3v) is 4.26. The van der Waals surface area contributed by atoms with Gasteiger partial charge in [0.1, 0.15) is 10.8 Å². The molecule has 108 valence electrons. The maximum Gasteiger partial charge on any atom is 0.153 e. The molecule has 1 aliphatic rings. The number of rotatable bonds is 5. The lowest BCUT2D eigenvalue weighted by molar-refractivity contribution is 0.411. The van der Waals surface area contributed by atoms with Gasteiger partial charge in [-0.25, -0.2) is 4.39 Å². The SMILES string of the molecule is C=CCCC1CC=C(c2ccc(OC)c(Cl)c2F)CC1. The maximum atomic E-state index is 14.3. The van der Waals surface area contributed by atoms with E-state index in [0.717, 1.165) is 31.3 Å². The van der Waals surface area contributed by atoms with Gasteiger partial charge in [-0.2, -0.15) is 0 Å². The monoisotopic (exact) mass is 294 g/mol. The van der Waals surface area contributed by atoms with Crippen molar-refractivity contribution >= 4 is 17.2 Å². The van der Waals surface area contributed by atoms with Gasteiger partial charge in [0.15, 0.2) is 5.82 Å². The van der Waals surface area contributed by atoms with E-state index in [4.69, 9.17) is 16.3 Å². The molecule has 1 aliphatic carbocycles. The molecule has 1 aromatic carbocycles. The van der Waals surface area contributed by atoms with Crippen LogP contribution in [0.15, 0.2) is 30.9 Å². The molecule has 0 spiro atoms. The van der Waals surface area contributed by atoms with Gasteiger partial charge in [0.25, 0.3) is 0 Å². The highest BCUT2D eigenvalue weighted by molar-refractivity contribution is 6.32. The number of methoxy groups -OCH3 is 1. The zero-order valence-electron chi connectivity index (χ0n) is 11.8. The smallest absolute Gasteiger partial charge is 0.153 e. The van der Waals surface area contributed by atoms with E-state index in [0.29, 0.717) is 17.2 Å². The Balaban J connectivity index is 2.15. The van der Waals surface area contributed by atoms with Gasteiger partial charge in [-0.1, -0.05) is 23.8 Å². The molecule has 1 unspecified atom stereocenters. The van der Waals surface area contributed by atoms with Crippen LogP contribution in [-0.4, -0.2) is 7.11 Å². The zero-order valence-corrected chi connectivity index (χ0v) is 12.5. The molecule has 1 aromatic rings. The Morgan fingerprint density at radius 2 is 2.30 bits per heavy atom. The normalized spacial score (nSPS) is 18.6. The summed E-state index contributed by atoms with van der Waals surface area (Å²) in [5.41, 5.74) is 1.67. The summed E-state index contributed by atoms with van der Waals surface area (Å²) in [6, 6.07) is 3.49. The lowest BCUT2D eigenvalue weighted by Gasteiger charge is -2.22. The molecule has 1 atom stereocenters. The van der Waals surface area contributed by atoms with Crippen molar-refractivity contribution in [1.29, 1.82) is 0 Å². The van der Waals surface area contributed by atoms with Crippen LogP contribution in [0.5, 0.6) is 5.75 Å². The van der Waals surface area contributed by atoms with E-state index in [-0.39, 0.29) is 10.8 Å². The second kappa shape index (κ2) is 6.94. The molecular formula is C17H20ClFO. The Morgan fingerprint density at radius 3 is 2.90 bits per heavy atom. The van der Waals surface area contributed by atoms with Crippen LogP contribution in [0.1, 0.15) is 37.7 Å². The minimum atomic E-state index is -0.373. The number of hydrogen-bond donors (Lipinski definition) is 0. The van der Waals surface area contributed by atoms with E-state index in [1.807, 2.05) is 6.08 Å². The van der Waals surface area contributed by atoms with Crippen molar-refractivity contribution in [2.24, 2.45) is 5.92 Å². The molecule has 0 heterocycles. The fourth-order valence-corrected chi connectivity index (χ4v) is 2.93.